The van der Waals surface area contributed by atoms with Crippen molar-refractivity contribution in [3.63, 3.8) is 0 Å². The van der Waals surface area contributed by atoms with Gasteiger partial charge in [0.05, 0.1) is 30.8 Å². The fourth-order valence-electron chi connectivity index (χ4n) is 3.50. The molecule has 1 aromatic heterocycles. The lowest BCUT2D eigenvalue weighted by atomic mass is 10.2. The van der Waals surface area contributed by atoms with E-state index >= 15 is 0 Å². The summed E-state index contributed by atoms with van der Waals surface area (Å²) in [4.78, 5) is 13.5. The van der Waals surface area contributed by atoms with Crippen molar-refractivity contribution >= 4 is 23.6 Å². The molecule has 4 rings (SSSR count). The van der Waals surface area contributed by atoms with E-state index in [9.17, 15) is 9.90 Å². The second-order valence-corrected chi connectivity index (χ2v) is 7.91. The van der Waals surface area contributed by atoms with Gasteiger partial charge in [0.25, 0.3) is 5.56 Å². The molecule has 0 atom stereocenters. The first kappa shape index (κ1) is 23.9. The molecule has 0 saturated heterocycles. The number of aryl methyl sites for hydroxylation is 1. The minimum atomic E-state index is -0.600. The zero-order chi connectivity index (χ0) is 24.9. The number of hydrogen-bond donors (Lipinski definition) is 1. The molecule has 178 valence electrons. The summed E-state index contributed by atoms with van der Waals surface area (Å²) >= 11 is 5.67. The van der Waals surface area contributed by atoms with Gasteiger partial charge in [0.2, 0.25) is 11.6 Å². The van der Waals surface area contributed by atoms with E-state index < -0.39 is 11.4 Å². The van der Waals surface area contributed by atoms with Crippen LogP contribution in [0.15, 0.2) is 87.8 Å². The molecule has 9 heteroatoms. The molecule has 0 aliphatic rings. The number of methoxy groups -OCH3 is 1. The van der Waals surface area contributed by atoms with Crippen LogP contribution in [0.1, 0.15) is 12.5 Å². The van der Waals surface area contributed by atoms with Crippen LogP contribution < -0.4 is 15.0 Å². The molecule has 0 aliphatic heterocycles. The van der Waals surface area contributed by atoms with Gasteiger partial charge >= 0.3 is 0 Å². The molecule has 3 aromatic carbocycles. The van der Waals surface area contributed by atoms with Gasteiger partial charge in [0, 0.05) is 0 Å². The molecule has 4 aromatic rings. The fourth-order valence-corrected chi connectivity index (χ4v) is 3.88. The van der Waals surface area contributed by atoms with Gasteiger partial charge in [0.1, 0.15) is 11.5 Å². The predicted octanol–water partition coefficient (Wildman–Crippen LogP) is 6.19. The van der Waals surface area contributed by atoms with Gasteiger partial charge in [-0.05, 0) is 86.2 Å². The van der Waals surface area contributed by atoms with Crippen molar-refractivity contribution in [1.29, 1.82) is 0 Å². The minimum Gasteiger partial charge on any atom is -0.497 e. The third kappa shape index (κ3) is 4.85. The van der Waals surface area contributed by atoms with Gasteiger partial charge in [-0.2, -0.15) is 0 Å². The molecule has 1 N–H and O–H groups in total. The molecule has 0 amide bonds. The summed E-state index contributed by atoms with van der Waals surface area (Å²) in [5.74, 6) is 0.891. The lowest BCUT2D eigenvalue weighted by Crippen LogP contribution is -2.23. The van der Waals surface area contributed by atoms with Gasteiger partial charge in [0.15, 0.2) is 4.77 Å². The van der Waals surface area contributed by atoms with Crippen molar-refractivity contribution < 1.29 is 14.6 Å². The van der Waals surface area contributed by atoms with Crippen LogP contribution in [-0.2, 0) is 0 Å². The highest BCUT2D eigenvalue weighted by molar-refractivity contribution is 7.71. The smallest absolute Gasteiger partial charge is 0.290 e. The number of aromatic hydroxyl groups is 1. The Hall–Kier alpha value is -4.24. The molecular formula is C26H24N4O4S. The molecule has 0 unspecified atom stereocenters. The average Bonchev–Trinajstić information content (AvgIpc) is 2.86. The largest absolute Gasteiger partial charge is 0.497 e. The summed E-state index contributed by atoms with van der Waals surface area (Å²) in [6.45, 7) is 4.30. The maximum absolute atomic E-state index is 13.5. The van der Waals surface area contributed by atoms with Gasteiger partial charge in [-0.1, -0.05) is 18.2 Å². The first-order valence-electron chi connectivity index (χ1n) is 10.9. The number of benzene rings is 3. The summed E-state index contributed by atoms with van der Waals surface area (Å²) in [5.41, 5.74) is 1.64. The monoisotopic (exact) mass is 488 g/mol. The quantitative estimate of drug-likeness (QED) is 0.247. The Labute approximate surface area is 207 Å². The van der Waals surface area contributed by atoms with Gasteiger partial charge in [-0.15, -0.1) is 10.2 Å². The average molecular weight is 489 g/mol. The number of rotatable bonds is 7. The molecule has 0 aliphatic carbocycles. The van der Waals surface area contributed by atoms with Crippen molar-refractivity contribution in [2.24, 2.45) is 10.2 Å². The molecule has 0 fully saturated rings. The maximum atomic E-state index is 13.5. The molecule has 0 bridgehead atoms. The van der Waals surface area contributed by atoms with E-state index in [2.05, 4.69) is 10.2 Å². The van der Waals surface area contributed by atoms with Crippen LogP contribution in [0, 0.1) is 11.7 Å². The lowest BCUT2D eigenvalue weighted by molar-refractivity contribution is 0.340. The standard InChI is InChI=1S/C26H24N4O4S/c1-4-34-21-15-11-19(12-16-21)30-25(32)23(28-27-22-8-6-5-7-17(22)2)24(31)29(26(30)35)18-9-13-20(33-3)14-10-18/h5-16,32H,4H2,1-3H3. The van der Waals surface area contributed by atoms with Crippen molar-refractivity contribution in [2.75, 3.05) is 13.7 Å². The highest BCUT2D eigenvalue weighted by atomic mass is 32.1. The lowest BCUT2D eigenvalue weighted by Gasteiger charge is -2.16. The molecule has 1 heterocycles. The Morgan fingerprint density at radius 2 is 1.49 bits per heavy atom. The van der Waals surface area contributed by atoms with Crippen LogP contribution in [-0.4, -0.2) is 28.0 Å². The van der Waals surface area contributed by atoms with Crippen LogP contribution >= 0.6 is 12.2 Å². The summed E-state index contributed by atoms with van der Waals surface area (Å²) < 4.78 is 13.5. The van der Waals surface area contributed by atoms with Crippen molar-refractivity contribution in [3.05, 3.63) is 93.5 Å². The van der Waals surface area contributed by atoms with E-state index in [1.807, 2.05) is 32.0 Å². The third-order valence-corrected chi connectivity index (χ3v) is 5.69. The van der Waals surface area contributed by atoms with Crippen LogP contribution in [0.25, 0.3) is 11.4 Å². The first-order chi connectivity index (χ1) is 16.9. The molecule has 0 saturated carbocycles. The van der Waals surface area contributed by atoms with Crippen LogP contribution in [0.5, 0.6) is 17.4 Å². The highest BCUT2D eigenvalue weighted by Gasteiger charge is 2.19. The molecule has 8 nitrogen and oxygen atoms in total. The first-order valence-corrected chi connectivity index (χ1v) is 11.3. The Morgan fingerprint density at radius 1 is 0.886 bits per heavy atom. The number of nitrogens with zero attached hydrogens (tertiary/aromatic N) is 4. The van der Waals surface area contributed by atoms with E-state index in [1.54, 1.807) is 61.7 Å². The van der Waals surface area contributed by atoms with Gasteiger partial charge in [-0.3, -0.25) is 13.9 Å². The van der Waals surface area contributed by atoms with Gasteiger partial charge < -0.3 is 14.6 Å². The van der Waals surface area contributed by atoms with E-state index in [0.717, 1.165) is 5.56 Å². The SMILES string of the molecule is CCOc1ccc(-n2c(O)c(N=Nc3ccccc3C)c(=O)n(-c3ccc(OC)cc3)c2=S)cc1. The summed E-state index contributed by atoms with van der Waals surface area (Å²) in [7, 11) is 1.56. The molecular weight excluding hydrogens is 464 g/mol. The number of aromatic nitrogens is 2. The Morgan fingerprint density at radius 3 is 2.09 bits per heavy atom. The number of ether oxygens (including phenoxy) is 2. The zero-order valence-electron chi connectivity index (χ0n) is 19.5. The Bertz CT molecular complexity index is 1490. The van der Waals surface area contributed by atoms with Crippen LogP contribution in [0.3, 0.4) is 0 Å². The van der Waals surface area contributed by atoms with E-state index in [1.165, 1.54) is 9.13 Å². The number of hydrogen-bond acceptors (Lipinski definition) is 7. The predicted molar refractivity (Wildman–Crippen MR) is 137 cm³/mol. The zero-order valence-corrected chi connectivity index (χ0v) is 20.3. The van der Waals surface area contributed by atoms with Crippen molar-refractivity contribution in [1.82, 2.24) is 9.13 Å². The normalized spacial score (nSPS) is 11.1. The molecule has 0 spiro atoms. The van der Waals surface area contributed by atoms with Crippen molar-refractivity contribution in [2.45, 2.75) is 13.8 Å². The van der Waals surface area contributed by atoms with E-state index in [4.69, 9.17) is 21.7 Å². The fraction of sp³-hybridized carbons (Fsp3) is 0.154. The summed E-state index contributed by atoms with van der Waals surface area (Å²) in [6, 6.07) is 21.2. The Kier molecular flexibility index (Phi) is 7.07. The Balaban J connectivity index is 1.96. The number of azo groups is 1. The second kappa shape index (κ2) is 10.4. The molecule has 35 heavy (non-hydrogen) atoms. The van der Waals surface area contributed by atoms with Crippen molar-refractivity contribution in [3.8, 4) is 28.8 Å². The van der Waals surface area contributed by atoms with E-state index in [-0.39, 0.29) is 10.5 Å². The van der Waals surface area contributed by atoms with Crippen LogP contribution in [0.4, 0.5) is 11.4 Å². The van der Waals surface area contributed by atoms with Crippen LogP contribution in [0.2, 0.25) is 0 Å². The summed E-state index contributed by atoms with van der Waals surface area (Å²) in [5, 5.41) is 19.5. The summed E-state index contributed by atoms with van der Waals surface area (Å²) in [6.07, 6.45) is 0. The minimum absolute atomic E-state index is 0.0664. The maximum Gasteiger partial charge on any atom is 0.290 e. The third-order valence-electron chi connectivity index (χ3n) is 5.32. The van der Waals surface area contributed by atoms with E-state index in [0.29, 0.717) is 35.2 Å². The topological polar surface area (TPSA) is 90.3 Å². The molecule has 0 radical (unpaired) electrons. The second-order valence-electron chi connectivity index (χ2n) is 7.54. The van der Waals surface area contributed by atoms with Gasteiger partial charge in [-0.25, -0.2) is 0 Å². The highest BCUT2D eigenvalue weighted by Crippen LogP contribution is 2.30.